The number of fused-ring (bicyclic) bond motifs is 1. The second kappa shape index (κ2) is 7.62. The minimum absolute atomic E-state index is 0.0532. The van der Waals surface area contributed by atoms with Crippen molar-refractivity contribution in [2.45, 2.75) is 20.8 Å². The highest BCUT2D eigenvalue weighted by molar-refractivity contribution is 8.04. The number of thioether (sulfide) groups is 1. The van der Waals surface area contributed by atoms with Crippen LogP contribution in [0.3, 0.4) is 0 Å². The molecule has 0 bridgehead atoms. The van der Waals surface area contributed by atoms with Crippen LogP contribution in [0.2, 0.25) is 0 Å². The predicted molar refractivity (Wildman–Crippen MR) is 96.0 cm³/mol. The van der Waals surface area contributed by atoms with Gasteiger partial charge in [0.2, 0.25) is 17.6 Å². The van der Waals surface area contributed by atoms with E-state index >= 15 is 0 Å². The number of aliphatic hydroxyl groups is 1. The molecule has 0 saturated carbocycles. The largest absolute Gasteiger partial charge is 0.396 e. The van der Waals surface area contributed by atoms with Crippen molar-refractivity contribution < 1.29 is 24.3 Å². The summed E-state index contributed by atoms with van der Waals surface area (Å²) in [5.41, 5.74) is 0.808. The molecule has 3 N–H and O–H groups in total. The van der Waals surface area contributed by atoms with Crippen molar-refractivity contribution in [3.63, 3.8) is 0 Å². The molecule has 7 nitrogen and oxygen atoms in total. The molecule has 1 aromatic rings. The van der Waals surface area contributed by atoms with E-state index in [1.165, 1.54) is 32.9 Å². The zero-order chi connectivity index (χ0) is 18.7. The first-order valence-corrected chi connectivity index (χ1v) is 8.52. The first-order valence-electron chi connectivity index (χ1n) is 7.54. The first kappa shape index (κ1) is 18.9. The molecular weight excluding hydrogens is 344 g/mol. The second-order valence-corrected chi connectivity index (χ2v) is 6.56. The van der Waals surface area contributed by atoms with E-state index in [-0.39, 0.29) is 57.2 Å². The molecule has 0 atom stereocenters. The van der Waals surface area contributed by atoms with Crippen molar-refractivity contribution in [3.05, 3.63) is 33.7 Å². The van der Waals surface area contributed by atoms with Crippen molar-refractivity contribution in [1.29, 1.82) is 0 Å². The summed E-state index contributed by atoms with van der Waals surface area (Å²) < 4.78 is 0. The van der Waals surface area contributed by atoms with Crippen LogP contribution >= 0.6 is 11.8 Å². The minimum Gasteiger partial charge on any atom is -0.396 e. The quantitative estimate of drug-likeness (QED) is 0.738. The van der Waals surface area contributed by atoms with E-state index in [1.807, 2.05) is 0 Å². The van der Waals surface area contributed by atoms with E-state index in [0.717, 1.165) is 11.8 Å². The molecule has 8 heteroatoms. The average molecular weight is 362 g/mol. The van der Waals surface area contributed by atoms with Gasteiger partial charge in [-0.3, -0.25) is 19.2 Å². The summed E-state index contributed by atoms with van der Waals surface area (Å²) in [5.74, 6) is -1.31. The SMILES string of the molecule is CC(=O)Nc1ccc(NC(C)=O)c2c1C(=O)C(C)=C(SCCO)C2=O. The lowest BCUT2D eigenvalue weighted by atomic mass is 9.87. The first-order chi connectivity index (χ1) is 11.8. The van der Waals surface area contributed by atoms with Crippen LogP contribution in [0.25, 0.3) is 0 Å². The smallest absolute Gasteiger partial charge is 0.221 e. The fraction of sp³-hybridized carbons (Fsp3) is 0.294. The van der Waals surface area contributed by atoms with Gasteiger partial charge in [0.1, 0.15) is 0 Å². The molecule has 0 aromatic heterocycles. The van der Waals surface area contributed by atoms with Crippen molar-refractivity contribution in [2.24, 2.45) is 0 Å². The third-order valence-electron chi connectivity index (χ3n) is 3.51. The predicted octanol–water partition coefficient (Wildman–Crippen LogP) is 1.98. The summed E-state index contributed by atoms with van der Waals surface area (Å²) in [5, 5.41) is 14.1. The van der Waals surface area contributed by atoms with Crippen LogP contribution in [0.4, 0.5) is 11.4 Å². The van der Waals surface area contributed by atoms with Gasteiger partial charge in [-0.05, 0) is 19.1 Å². The number of anilines is 2. The van der Waals surface area contributed by atoms with Gasteiger partial charge < -0.3 is 15.7 Å². The zero-order valence-electron chi connectivity index (χ0n) is 14.1. The number of Topliss-reactive ketones (excluding diaryl/α,β-unsaturated/α-hetero) is 2. The Kier molecular flexibility index (Phi) is 5.76. The Bertz CT molecular complexity index is 814. The number of hydrogen-bond acceptors (Lipinski definition) is 6. The number of hydrogen-bond donors (Lipinski definition) is 3. The lowest BCUT2D eigenvalue weighted by Gasteiger charge is -2.23. The van der Waals surface area contributed by atoms with E-state index in [2.05, 4.69) is 10.6 Å². The van der Waals surface area contributed by atoms with E-state index in [9.17, 15) is 19.2 Å². The summed E-state index contributed by atoms with van der Waals surface area (Å²) >= 11 is 1.09. The van der Waals surface area contributed by atoms with Crippen molar-refractivity contribution >= 4 is 46.5 Å². The number of carbonyl (C=O) groups excluding carboxylic acids is 4. The lowest BCUT2D eigenvalue weighted by molar-refractivity contribution is -0.115. The summed E-state index contributed by atoms with van der Waals surface area (Å²) in [7, 11) is 0. The topological polar surface area (TPSA) is 113 Å². The fourth-order valence-corrected chi connectivity index (χ4v) is 3.40. The molecule has 2 amide bonds. The maximum atomic E-state index is 12.9. The Labute approximate surface area is 148 Å². The van der Waals surface area contributed by atoms with Crippen molar-refractivity contribution in [1.82, 2.24) is 0 Å². The van der Waals surface area contributed by atoms with Crippen LogP contribution in [0, 0.1) is 0 Å². The van der Waals surface area contributed by atoms with Crippen LogP contribution in [0.5, 0.6) is 0 Å². The van der Waals surface area contributed by atoms with E-state index in [4.69, 9.17) is 5.11 Å². The van der Waals surface area contributed by atoms with E-state index < -0.39 is 11.6 Å². The summed E-state index contributed by atoms with van der Waals surface area (Å²) in [6.07, 6.45) is 0. The minimum atomic E-state index is -0.415. The van der Waals surface area contributed by atoms with Gasteiger partial charge in [0.15, 0.2) is 5.78 Å². The molecule has 0 spiro atoms. The van der Waals surface area contributed by atoms with Gasteiger partial charge in [-0.2, -0.15) is 0 Å². The molecule has 0 fully saturated rings. The maximum absolute atomic E-state index is 12.9. The number of rotatable bonds is 5. The number of carbonyl (C=O) groups is 4. The third kappa shape index (κ3) is 3.80. The highest BCUT2D eigenvalue weighted by atomic mass is 32.2. The Morgan fingerprint density at radius 1 is 1.00 bits per heavy atom. The molecular formula is C17H18N2O5S. The fourth-order valence-electron chi connectivity index (χ4n) is 2.56. The monoisotopic (exact) mass is 362 g/mol. The molecule has 0 saturated heterocycles. The number of benzene rings is 1. The molecule has 1 aliphatic carbocycles. The molecule has 0 radical (unpaired) electrons. The van der Waals surface area contributed by atoms with Crippen LogP contribution in [-0.2, 0) is 9.59 Å². The molecule has 0 aliphatic heterocycles. The molecule has 1 aliphatic rings. The van der Waals surface area contributed by atoms with Gasteiger partial charge in [-0.25, -0.2) is 0 Å². The molecule has 132 valence electrons. The van der Waals surface area contributed by atoms with Gasteiger partial charge in [0.25, 0.3) is 0 Å². The van der Waals surface area contributed by atoms with Gasteiger partial charge in [0, 0.05) is 25.2 Å². The number of ketones is 2. The number of allylic oxidation sites excluding steroid dienone is 2. The number of amides is 2. The van der Waals surface area contributed by atoms with Gasteiger partial charge >= 0.3 is 0 Å². The Balaban J connectivity index is 2.68. The van der Waals surface area contributed by atoms with E-state index in [0.29, 0.717) is 0 Å². The lowest BCUT2D eigenvalue weighted by Crippen LogP contribution is -2.25. The zero-order valence-corrected chi connectivity index (χ0v) is 14.9. The van der Waals surface area contributed by atoms with Crippen LogP contribution in [0.15, 0.2) is 22.6 Å². The van der Waals surface area contributed by atoms with Gasteiger partial charge in [0.05, 0.1) is 34.0 Å². The molecule has 1 aromatic carbocycles. The molecule has 25 heavy (non-hydrogen) atoms. The average Bonchev–Trinajstić information content (AvgIpc) is 2.53. The van der Waals surface area contributed by atoms with Gasteiger partial charge in [-0.15, -0.1) is 11.8 Å². The highest BCUT2D eigenvalue weighted by Gasteiger charge is 2.34. The van der Waals surface area contributed by atoms with E-state index in [1.54, 1.807) is 0 Å². The summed E-state index contributed by atoms with van der Waals surface area (Å²) in [6.45, 7) is 3.99. The Morgan fingerprint density at radius 2 is 1.48 bits per heavy atom. The van der Waals surface area contributed by atoms with Gasteiger partial charge in [-0.1, -0.05) is 0 Å². The van der Waals surface area contributed by atoms with Crippen LogP contribution < -0.4 is 10.6 Å². The number of nitrogens with one attached hydrogen (secondary N) is 2. The maximum Gasteiger partial charge on any atom is 0.221 e. The number of aliphatic hydroxyl groups excluding tert-OH is 1. The normalized spacial score (nSPS) is 13.6. The highest BCUT2D eigenvalue weighted by Crippen LogP contribution is 2.39. The summed E-state index contributed by atoms with van der Waals surface area (Å²) in [6, 6.07) is 2.96. The molecule has 2 rings (SSSR count). The third-order valence-corrected chi connectivity index (χ3v) is 4.67. The standard InChI is InChI=1S/C17H18N2O5S/c1-8-15(23)13-11(18-9(2)21)4-5-12(19-10(3)22)14(13)16(24)17(8)25-7-6-20/h4-5,20H,6-7H2,1-3H3,(H,18,21)(H,19,22). The van der Waals surface area contributed by atoms with Crippen LogP contribution in [0.1, 0.15) is 41.5 Å². The Hall–Kier alpha value is -2.45. The molecule has 0 heterocycles. The summed E-state index contributed by atoms with van der Waals surface area (Å²) in [4.78, 5) is 48.9. The van der Waals surface area contributed by atoms with Crippen molar-refractivity contribution in [3.8, 4) is 0 Å². The van der Waals surface area contributed by atoms with Crippen LogP contribution in [-0.4, -0.2) is 40.8 Å². The van der Waals surface area contributed by atoms with Crippen molar-refractivity contribution in [2.75, 3.05) is 23.0 Å². The Morgan fingerprint density at radius 3 is 1.92 bits per heavy atom. The molecule has 0 unspecified atom stereocenters. The second-order valence-electron chi connectivity index (χ2n) is 5.46.